The minimum Gasteiger partial charge on any atom is -0.381 e. The Morgan fingerprint density at radius 1 is 1.16 bits per heavy atom. The first kappa shape index (κ1) is 16.9. The largest absolute Gasteiger partial charge is 0.381 e. The fourth-order valence-electron chi connectivity index (χ4n) is 4.36. The fraction of sp³-hybridized carbons (Fsp3) is 0.650. The topological polar surface area (TPSA) is 53.6 Å². The number of carbonyl (C=O) groups excluding carboxylic acids is 1. The van der Waals surface area contributed by atoms with E-state index < -0.39 is 0 Å². The van der Waals surface area contributed by atoms with Crippen LogP contribution in [0.25, 0.3) is 0 Å². The summed E-state index contributed by atoms with van der Waals surface area (Å²) in [5.41, 5.74) is 2.19. The van der Waals surface area contributed by atoms with Crippen molar-refractivity contribution in [1.82, 2.24) is 4.90 Å². The number of likely N-dealkylation sites (tertiary alicyclic amines) is 1. The molecule has 3 fully saturated rings. The number of ether oxygens (including phenoxy) is 1. The number of piperidine rings is 1. The highest BCUT2D eigenvalue weighted by Gasteiger charge is 2.58. The molecule has 1 atom stereocenters. The zero-order chi connectivity index (χ0) is 17.3. The number of hydrogen-bond donors (Lipinski definition) is 2. The third kappa shape index (κ3) is 3.67. The summed E-state index contributed by atoms with van der Waals surface area (Å²) < 4.78 is 5.46. The fourth-order valence-corrected chi connectivity index (χ4v) is 4.36. The lowest BCUT2D eigenvalue weighted by Gasteiger charge is -2.30. The van der Waals surface area contributed by atoms with Gasteiger partial charge in [-0.3, -0.25) is 4.79 Å². The Hall–Kier alpha value is -1.59. The molecule has 4 rings (SSSR count). The average molecular weight is 343 g/mol. The Balaban J connectivity index is 1.38. The Kier molecular flexibility index (Phi) is 4.69. The molecule has 1 saturated carbocycles. The normalized spacial score (nSPS) is 26.4. The van der Waals surface area contributed by atoms with Crippen molar-refractivity contribution in [2.45, 2.75) is 38.1 Å². The van der Waals surface area contributed by atoms with Crippen molar-refractivity contribution in [3.8, 4) is 0 Å². The molecule has 1 aliphatic carbocycles. The summed E-state index contributed by atoms with van der Waals surface area (Å²) in [4.78, 5) is 15.1. The van der Waals surface area contributed by atoms with E-state index in [4.69, 9.17) is 4.74 Å². The molecule has 1 amide bonds. The van der Waals surface area contributed by atoms with E-state index in [0.29, 0.717) is 6.04 Å². The molecule has 0 unspecified atom stereocenters. The van der Waals surface area contributed by atoms with E-state index in [1.165, 1.54) is 0 Å². The average Bonchev–Trinajstić information content (AvgIpc) is 3.32. The first-order valence-electron chi connectivity index (χ1n) is 9.59. The molecule has 0 aromatic heterocycles. The van der Waals surface area contributed by atoms with Crippen molar-refractivity contribution >= 4 is 17.3 Å². The van der Waals surface area contributed by atoms with Crippen molar-refractivity contribution in [2.75, 3.05) is 44.0 Å². The molecule has 1 spiro atoms. The van der Waals surface area contributed by atoms with Gasteiger partial charge in [0.1, 0.15) is 0 Å². The van der Waals surface area contributed by atoms with Gasteiger partial charge in [-0.1, -0.05) is 12.1 Å². The van der Waals surface area contributed by atoms with E-state index in [9.17, 15) is 4.79 Å². The lowest BCUT2D eigenvalue weighted by Crippen LogP contribution is -2.36. The Bertz CT molecular complexity index is 619. The highest BCUT2D eigenvalue weighted by atomic mass is 16.5. The number of carbonyl (C=O) groups is 1. The van der Waals surface area contributed by atoms with Crippen LogP contribution in [0.2, 0.25) is 0 Å². The predicted octanol–water partition coefficient (Wildman–Crippen LogP) is 2.95. The summed E-state index contributed by atoms with van der Waals surface area (Å²) in [5, 5.41) is 6.83. The van der Waals surface area contributed by atoms with Crippen molar-refractivity contribution in [3.05, 3.63) is 24.3 Å². The Morgan fingerprint density at radius 2 is 1.84 bits per heavy atom. The van der Waals surface area contributed by atoms with Crippen LogP contribution in [0.3, 0.4) is 0 Å². The van der Waals surface area contributed by atoms with Crippen LogP contribution in [0.1, 0.15) is 32.1 Å². The Morgan fingerprint density at radius 3 is 2.56 bits per heavy atom. The summed E-state index contributed by atoms with van der Waals surface area (Å²) in [7, 11) is 2.17. The first-order chi connectivity index (χ1) is 12.2. The number of nitrogens with one attached hydrogen (secondary N) is 2. The minimum atomic E-state index is 0.160. The molecule has 136 valence electrons. The smallest absolute Gasteiger partial charge is 0.228 e. The SMILES string of the molecule is CN1CCC(Nc2ccccc2NC(=O)[C@@H]2CC23CCOCC3)CC1. The van der Waals surface area contributed by atoms with Crippen LogP contribution in [0.15, 0.2) is 24.3 Å². The molecule has 25 heavy (non-hydrogen) atoms. The molecule has 2 heterocycles. The zero-order valence-electron chi connectivity index (χ0n) is 15.1. The summed E-state index contributed by atoms with van der Waals surface area (Å²) in [6.45, 7) is 3.85. The van der Waals surface area contributed by atoms with E-state index in [2.05, 4.69) is 28.6 Å². The van der Waals surface area contributed by atoms with Gasteiger partial charge in [0.15, 0.2) is 0 Å². The van der Waals surface area contributed by atoms with E-state index in [-0.39, 0.29) is 17.2 Å². The molecule has 0 radical (unpaired) electrons. The molecule has 1 aromatic carbocycles. The van der Waals surface area contributed by atoms with Gasteiger partial charge in [0.25, 0.3) is 0 Å². The number of nitrogens with zero attached hydrogens (tertiary/aromatic N) is 1. The van der Waals surface area contributed by atoms with E-state index in [1.807, 2.05) is 18.2 Å². The number of amides is 1. The maximum atomic E-state index is 12.7. The number of para-hydroxylation sites is 2. The van der Waals surface area contributed by atoms with Gasteiger partial charge >= 0.3 is 0 Å². The summed E-state index contributed by atoms with van der Waals surface area (Å²) in [5.74, 6) is 0.340. The second kappa shape index (κ2) is 6.96. The van der Waals surface area contributed by atoms with Gasteiger partial charge in [0, 0.05) is 25.2 Å². The molecule has 5 nitrogen and oxygen atoms in total. The van der Waals surface area contributed by atoms with Gasteiger partial charge < -0.3 is 20.3 Å². The number of hydrogen-bond acceptors (Lipinski definition) is 4. The second-order valence-corrected chi connectivity index (χ2v) is 7.99. The minimum absolute atomic E-state index is 0.160. The molecule has 0 bridgehead atoms. The first-order valence-corrected chi connectivity index (χ1v) is 9.59. The van der Waals surface area contributed by atoms with Crippen LogP contribution in [0, 0.1) is 11.3 Å². The quantitative estimate of drug-likeness (QED) is 0.883. The summed E-state index contributed by atoms with van der Waals surface area (Å²) in [6, 6.07) is 8.59. The molecule has 2 aliphatic heterocycles. The monoisotopic (exact) mass is 343 g/mol. The second-order valence-electron chi connectivity index (χ2n) is 7.99. The van der Waals surface area contributed by atoms with Gasteiger partial charge in [-0.05, 0) is 69.8 Å². The predicted molar refractivity (Wildman–Crippen MR) is 99.8 cm³/mol. The van der Waals surface area contributed by atoms with Crippen LogP contribution in [0.5, 0.6) is 0 Å². The number of anilines is 2. The van der Waals surface area contributed by atoms with Crippen LogP contribution >= 0.6 is 0 Å². The van der Waals surface area contributed by atoms with Gasteiger partial charge in [-0.25, -0.2) is 0 Å². The maximum Gasteiger partial charge on any atom is 0.228 e. The van der Waals surface area contributed by atoms with E-state index in [0.717, 1.165) is 69.8 Å². The van der Waals surface area contributed by atoms with Gasteiger partial charge in [-0.2, -0.15) is 0 Å². The van der Waals surface area contributed by atoms with Crippen LogP contribution in [-0.2, 0) is 9.53 Å². The van der Waals surface area contributed by atoms with Crippen molar-refractivity contribution in [2.24, 2.45) is 11.3 Å². The van der Waals surface area contributed by atoms with Crippen molar-refractivity contribution in [3.63, 3.8) is 0 Å². The third-order valence-electron chi connectivity index (χ3n) is 6.26. The van der Waals surface area contributed by atoms with Crippen molar-refractivity contribution < 1.29 is 9.53 Å². The molecular formula is C20H29N3O2. The van der Waals surface area contributed by atoms with Gasteiger partial charge in [0.2, 0.25) is 5.91 Å². The highest BCUT2D eigenvalue weighted by molar-refractivity contribution is 5.97. The van der Waals surface area contributed by atoms with Crippen molar-refractivity contribution in [1.29, 1.82) is 0 Å². The molecule has 3 aliphatic rings. The zero-order valence-corrected chi connectivity index (χ0v) is 15.1. The third-order valence-corrected chi connectivity index (χ3v) is 6.26. The van der Waals surface area contributed by atoms with Crippen LogP contribution < -0.4 is 10.6 Å². The number of benzene rings is 1. The van der Waals surface area contributed by atoms with E-state index >= 15 is 0 Å². The lowest BCUT2D eigenvalue weighted by molar-refractivity contribution is -0.118. The Labute approximate surface area is 150 Å². The lowest BCUT2D eigenvalue weighted by atomic mass is 9.93. The summed E-state index contributed by atoms with van der Waals surface area (Å²) in [6.07, 6.45) is 5.36. The summed E-state index contributed by atoms with van der Waals surface area (Å²) >= 11 is 0. The maximum absolute atomic E-state index is 12.7. The molecule has 2 N–H and O–H groups in total. The van der Waals surface area contributed by atoms with Gasteiger partial charge in [0.05, 0.1) is 11.4 Å². The number of rotatable bonds is 4. The molecule has 5 heteroatoms. The molecular weight excluding hydrogens is 314 g/mol. The van der Waals surface area contributed by atoms with Crippen LogP contribution in [-0.4, -0.2) is 50.2 Å². The molecule has 2 saturated heterocycles. The van der Waals surface area contributed by atoms with Crippen LogP contribution in [0.4, 0.5) is 11.4 Å². The van der Waals surface area contributed by atoms with Gasteiger partial charge in [-0.15, -0.1) is 0 Å². The highest BCUT2D eigenvalue weighted by Crippen LogP contribution is 2.59. The van der Waals surface area contributed by atoms with E-state index in [1.54, 1.807) is 0 Å². The molecule has 1 aromatic rings. The standard InChI is InChI=1S/C20H29N3O2/c1-23-10-6-15(7-11-23)21-17-4-2-3-5-18(17)22-19(24)16-14-20(16)8-12-25-13-9-20/h2-5,15-16,21H,6-14H2,1H3,(H,22,24)/t16-/m0/s1.